The number of carbonyl (C=O) groups is 2. The molecule has 0 unspecified atom stereocenters. The van der Waals surface area contributed by atoms with E-state index < -0.39 is 34.4 Å². The molecular weight excluding hydrogens is 597 g/mol. The molecule has 0 saturated carbocycles. The minimum atomic E-state index is -4.24. The van der Waals surface area contributed by atoms with Gasteiger partial charge in [0.15, 0.2) is 0 Å². The first-order valence-electron chi connectivity index (χ1n) is 12.3. The summed E-state index contributed by atoms with van der Waals surface area (Å²) >= 11 is 18.4. The predicted molar refractivity (Wildman–Crippen MR) is 159 cm³/mol. The number of anilines is 1. The van der Waals surface area contributed by atoms with Crippen molar-refractivity contribution in [2.45, 2.75) is 44.3 Å². The normalized spacial score (nSPS) is 12.1. The molecule has 8 nitrogen and oxygen atoms in total. The SMILES string of the molecule is COc1ccc(S(=O)(=O)N(CC(=O)N(Cc2ccc(Cl)c(Cl)c2)[C@@H](C)C(=O)NC(C)C)c2cccc(Cl)c2)cc1. The van der Waals surface area contributed by atoms with Crippen LogP contribution in [-0.4, -0.2) is 50.9 Å². The van der Waals surface area contributed by atoms with Crippen LogP contribution in [0.1, 0.15) is 26.3 Å². The van der Waals surface area contributed by atoms with Gasteiger partial charge in [0.2, 0.25) is 11.8 Å². The standard InChI is InChI=1S/C28H30Cl3N3O5S/c1-18(2)32-28(36)19(3)33(16-20-8-13-25(30)26(31)14-20)27(35)17-34(22-7-5-6-21(29)15-22)40(37,38)24-11-9-23(39-4)10-12-24/h5-15,18-19H,16-17H2,1-4H3,(H,32,36)/t19-/m0/s1. The molecule has 0 aliphatic carbocycles. The van der Waals surface area contributed by atoms with Gasteiger partial charge in [-0.2, -0.15) is 0 Å². The summed E-state index contributed by atoms with van der Waals surface area (Å²) in [6.07, 6.45) is 0. The molecule has 2 amide bonds. The summed E-state index contributed by atoms with van der Waals surface area (Å²) in [7, 11) is -2.77. The van der Waals surface area contributed by atoms with E-state index in [9.17, 15) is 18.0 Å². The maximum atomic E-state index is 13.9. The molecule has 0 fully saturated rings. The van der Waals surface area contributed by atoms with Crippen LogP contribution < -0.4 is 14.4 Å². The lowest BCUT2D eigenvalue weighted by atomic mass is 10.1. The Bertz CT molecular complexity index is 1470. The van der Waals surface area contributed by atoms with Crippen molar-refractivity contribution in [2.24, 2.45) is 0 Å². The smallest absolute Gasteiger partial charge is 0.264 e. The second-order valence-corrected chi connectivity index (χ2v) is 12.4. The van der Waals surface area contributed by atoms with Gasteiger partial charge in [-0.3, -0.25) is 13.9 Å². The van der Waals surface area contributed by atoms with Crippen molar-refractivity contribution in [3.05, 3.63) is 87.4 Å². The minimum Gasteiger partial charge on any atom is -0.497 e. The van der Waals surface area contributed by atoms with Gasteiger partial charge in [-0.05, 0) is 80.9 Å². The van der Waals surface area contributed by atoms with Crippen LogP contribution >= 0.6 is 34.8 Å². The Morgan fingerprint density at radius 2 is 1.60 bits per heavy atom. The number of carbonyl (C=O) groups excluding carboxylic acids is 2. The number of hydrogen-bond acceptors (Lipinski definition) is 5. The first-order valence-corrected chi connectivity index (χ1v) is 14.9. The second-order valence-electron chi connectivity index (χ2n) is 9.28. The van der Waals surface area contributed by atoms with E-state index in [1.165, 1.54) is 42.3 Å². The summed E-state index contributed by atoms with van der Waals surface area (Å²) in [6.45, 7) is 4.56. The topological polar surface area (TPSA) is 96.0 Å². The van der Waals surface area contributed by atoms with Gasteiger partial charge in [0, 0.05) is 17.6 Å². The van der Waals surface area contributed by atoms with Crippen molar-refractivity contribution in [3.63, 3.8) is 0 Å². The molecule has 0 spiro atoms. The Morgan fingerprint density at radius 1 is 0.925 bits per heavy atom. The van der Waals surface area contributed by atoms with Crippen LogP contribution in [0.25, 0.3) is 0 Å². The molecule has 3 rings (SSSR count). The van der Waals surface area contributed by atoms with E-state index in [0.29, 0.717) is 16.3 Å². The minimum absolute atomic E-state index is 0.0195. The van der Waals surface area contributed by atoms with E-state index in [2.05, 4.69) is 5.32 Å². The van der Waals surface area contributed by atoms with Gasteiger partial charge in [0.25, 0.3) is 10.0 Å². The lowest BCUT2D eigenvalue weighted by Crippen LogP contribution is -2.52. The number of nitrogens with zero attached hydrogens (tertiary/aromatic N) is 2. The summed E-state index contributed by atoms with van der Waals surface area (Å²) in [6, 6.07) is 15.8. The molecule has 3 aromatic rings. The number of amides is 2. The van der Waals surface area contributed by atoms with Crippen molar-refractivity contribution >= 4 is 62.3 Å². The molecule has 3 aromatic carbocycles. The quantitative estimate of drug-likeness (QED) is 0.291. The van der Waals surface area contributed by atoms with Crippen LogP contribution in [-0.2, 0) is 26.2 Å². The number of rotatable bonds is 11. The van der Waals surface area contributed by atoms with Crippen molar-refractivity contribution in [2.75, 3.05) is 18.0 Å². The van der Waals surface area contributed by atoms with Crippen LogP contribution in [0.4, 0.5) is 5.69 Å². The number of benzene rings is 3. The fourth-order valence-electron chi connectivity index (χ4n) is 3.86. The van der Waals surface area contributed by atoms with Gasteiger partial charge in [0.1, 0.15) is 18.3 Å². The van der Waals surface area contributed by atoms with E-state index in [1.54, 1.807) is 57.2 Å². The maximum absolute atomic E-state index is 13.9. The molecular formula is C28H30Cl3N3O5S. The number of sulfonamides is 1. The first kappa shape index (κ1) is 31.5. The molecule has 0 bridgehead atoms. The number of nitrogens with one attached hydrogen (secondary N) is 1. The molecule has 40 heavy (non-hydrogen) atoms. The summed E-state index contributed by atoms with van der Waals surface area (Å²) in [5, 5.41) is 3.72. The summed E-state index contributed by atoms with van der Waals surface area (Å²) in [4.78, 5) is 28.1. The number of ether oxygens (including phenoxy) is 1. The van der Waals surface area contributed by atoms with Crippen molar-refractivity contribution in [3.8, 4) is 5.75 Å². The van der Waals surface area contributed by atoms with Gasteiger partial charge in [-0.25, -0.2) is 8.42 Å². The van der Waals surface area contributed by atoms with E-state index in [0.717, 1.165) is 4.31 Å². The second kappa shape index (κ2) is 13.6. The third-order valence-electron chi connectivity index (χ3n) is 5.96. The van der Waals surface area contributed by atoms with Gasteiger partial charge in [-0.15, -0.1) is 0 Å². The zero-order chi connectivity index (χ0) is 29.6. The van der Waals surface area contributed by atoms with Crippen molar-refractivity contribution in [1.29, 1.82) is 0 Å². The molecule has 0 radical (unpaired) electrons. The Morgan fingerprint density at radius 3 is 2.17 bits per heavy atom. The van der Waals surface area contributed by atoms with E-state index in [4.69, 9.17) is 39.5 Å². The van der Waals surface area contributed by atoms with Crippen molar-refractivity contribution < 1.29 is 22.7 Å². The van der Waals surface area contributed by atoms with E-state index >= 15 is 0 Å². The highest BCUT2D eigenvalue weighted by atomic mass is 35.5. The van der Waals surface area contributed by atoms with Gasteiger partial charge in [0.05, 0.1) is 27.7 Å². The van der Waals surface area contributed by atoms with Crippen molar-refractivity contribution in [1.82, 2.24) is 10.2 Å². The van der Waals surface area contributed by atoms with Crippen LogP contribution in [0.15, 0.2) is 71.6 Å². The first-order chi connectivity index (χ1) is 18.8. The molecule has 1 atom stereocenters. The average molecular weight is 627 g/mol. The Hall–Kier alpha value is -2.98. The van der Waals surface area contributed by atoms with Crippen LogP contribution in [0.5, 0.6) is 5.75 Å². The third-order valence-corrected chi connectivity index (χ3v) is 8.72. The lowest BCUT2D eigenvalue weighted by Gasteiger charge is -2.32. The fourth-order valence-corrected chi connectivity index (χ4v) is 5.77. The van der Waals surface area contributed by atoms with Crippen LogP contribution in [0.2, 0.25) is 15.1 Å². The Kier molecular flexibility index (Phi) is 10.7. The number of hydrogen-bond donors (Lipinski definition) is 1. The summed E-state index contributed by atoms with van der Waals surface area (Å²) in [5.41, 5.74) is 0.796. The largest absolute Gasteiger partial charge is 0.497 e. The van der Waals surface area contributed by atoms with E-state index in [1.807, 2.05) is 0 Å². The maximum Gasteiger partial charge on any atom is 0.264 e. The highest BCUT2D eigenvalue weighted by molar-refractivity contribution is 7.92. The molecule has 0 heterocycles. The summed E-state index contributed by atoms with van der Waals surface area (Å²) in [5.74, 6) is -0.535. The van der Waals surface area contributed by atoms with Crippen LogP contribution in [0, 0.1) is 0 Å². The predicted octanol–water partition coefficient (Wildman–Crippen LogP) is 5.79. The lowest BCUT2D eigenvalue weighted by molar-refractivity contribution is -0.139. The van der Waals surface area contributed by atoms with Gasteiger partial charge < -0.3 is 15.0 Å². The zero-order valence-corrected chi connectivity index (χ0v) is 25.5. The molecule has 1 N–H and O–H groups in total. The highest BCUT2D eigenvalue weighted by Gasteiger charge is 2.33. The summed E-state index contributed by atoms with van der Waals surface area (Å²) < 4.78 is 33.8. The Labute approximate surface area is 249 Å². The Balaban J connectivity index is 2.05. The molecule has 214 valence electrons. The van der Waals surface area contributed by atoms with E-state index in [-0.39, 0.29) is 33.2 Å². The molecule has 0 saturated heterocycles. The third kappa shape index (κ3) is 7.81. The number of halogens is 3. The molecule has 0 aliphatic rings. The van der Waals surface area contributed by atoms with Crippen LogP contribution in [0.3, 0.4) is 0 Å². The zero-order valence-electron chi connectivity index (χ0n) is 22.4. The van der Waals surface area contributed by atoms with Gasteiger partial charge >= 0.3 is 0 Å². The molecule has 0 aliphatic heterocycles. The average Bonchev–Trinajstić information content (AvgIpc) is 2.91. The highest BCUT2D eigenvalue weighted by Crippen LogP contribution is 2.28. The fraction of sp³-hybridized carbons (Fsp3) is 0.286. The monoisotopic (exact) mass is 625 g/mol. The molecule has 0 aromatic heterocycles. The number of methoxy groups -OCH3 is 1. The van der Waals surface area contributed by atoms with Gasteiger partial charge in [-0.1, -0.05) is 46.9 Å². The molecule has 12 heteroatoms.